The van der Waals surface area contributed by atoms with E-state index in [-0.39, 0.29) is 12.1 Å². The van der Waals surface area contributed by atoms with Gasteiger partial charge >= 0.3 is 0 Å². The number of nitrogens with zero attached hydrogens (tertiary/aromatic N) is 1. The van der Waals surface area contributed by atoms with Gasteiger partial charge in [0.25, 0.3) is 11.8 Å². The summed E-state index contributed by atoms with van der Waals surface area (Å²) in [7, 11) is 3.07. The summed E-state index contributed by atoms with van der Waals surface area (Å²) in [5.74, 6) is -0.242. The number of carbonyl (C=O) groups is 2. The number of carbonyl (C=O) groups excluding carboxylic acids is 2. The van der Waals surface area contributed by atoms with Crippen LogP contribution in [-0.2, 0) is 4.79 Å². The summed E-state index contributed by atoms with van der Waals surface area (Å²) < 4.78 is 23.3. The standard InChI is InChI=1S/C19H20FN3O4/c1-12(16-9-8-15(26-2)10-17(16)27-3)22-23-18(24)11-21-19(25)13-4-6-14(20)7-5-13/h4-10H,11H2,1-3H3,(H,21,25)(H,23,24)/b22-12+. The van der Waals surface area contributed by atoms with E-state index in [0.29, 0.717) is 22.8 Å². The molecule has 8 heteroatoms. The Morgan fingerprint density at radius 1 is 1.07 bits per heavy atom. The average molecular weight is 373 g/mol. The van der Waals surface area contributed by atoms with E-state index in [1.54, 1.807) is 32.2 Å². The molecule has 2 aromatic carbocycles. The monoisotopic (exact) mass is 373 g/mol. The zero-order valence-electron chi connectivity index (χ0n) is 15.2. The molecule has 0 spiro atoms. The largest absolute Gasteiger partial charge is 0.497 e. The Morgan fingerprint density at radius 3 is 2.41 bits per heavy atom. The lowest BCUT2D eigenvalue weighted by molar-refractivity contribution is -0.120. The molecule has 27 heavy (non-hydrogen) atoms. The molecule has 0 fully saturated rings. The smallest absolute Gasteiger partial charge is 0.259 e. The average Bonchev–Trinajstić information content (AvgIpc) is 2.70. The Bertz CT molecular complexity index is 851. The van der Waals surface area contributed by atoms with Crippen LogP contribution >= 0.6 is 0 Å². The molecule has 2 N–H and O–H groups in total. The molecule has 0 unspecified atom stereocenters. The molecule has 2 aromatic rings. The second-order valence-corrected chi connectivity index (χ2v) is 5.49. The van der Waals surface area contributed by atoms with Gasteiger partial charge < -0.3 is 14.8 Å². The van der Waals surface area contributed by atoms with Crippen LogP contribution < -0.4 is 20.2 Å². The van der Waals surface area contributed by atoms with Crippen molar-refractivity contribution in [2.45, 2.75) is 6.92 Å². The predicted molar refractivity (Wildman–Crippen MR) is 98.6 cm³/mol. The van der Waals surface area contributed by atoms with Crippen LogP contribution in [0.25, 0.3) is 0 Å². The van der Waals surface area contributed by atoms with Crippen molar-refractivity contribution >= 4 is 17.5 Å². The van der Waals surface area contributed by atoms with Crippen molar-refractivity contribution in [3.05, 3.63) is 59.4 Å². The van der Waals surface area contributed by atoms with Crippen LogP contribution in [0.15, 0.2) is 47.6 Å². The van der Waals surface area contributed by atoms with Crippen LogP contribution in [0, 0.1) is 5.82 Å². The molecule has 2 amide bonds. The summed E-state index contributed by atoms with van der Waals surface area (Å²) in [4.78, 5) is 23.8. The number of benzene rings is 2. The molecular formula is C19H20FN3O4. The fraction of sp³-hybridized carbons (Fsp3) is 0.211. The van der Waals surface area contributed by atoms with Crippen LogP contribution in [0.4, 0.5) is 4.39 Å². The first-order valence-corrected chi connectivity index (χ1v) is 8.04. The molecule has 0 aliphatic rings. The Labute approximate surface area is 156 Å². The lowest BCUT2D eigenvalue weighted by atomic mass is 10.1. The fourth-order valence-corrected chi connectivity index (χ4v) is 2.21. The first-order chi connectivity index (χ1) is 12.9. The van der Waals surface area contributed by atoms with Gasteiger partial charge in [-0.05, 0) is 43.3 Å². The normalized spacial score (nSPS) is 10.9. The summed E-state index contributed by atoms with van der Waals surface area (Å²) in [5.41, 5.74) is 3.83. The van der Waals surface area contributed by atoms with Gasteiger partial charge in [0, 0.05) is 17.2 Å². The van der Waals surface area contributed by atoms with Crippen LogP contribution in [0.3, 0.4) is 0 Å². The molecule has 0 saturated heterocycles. The van der Waals surface area contributed by atoms with Crippen LogP contribution in [0.1, 0.15) is 22.8 Å². The third kappa shape index (κ3) is 5.53. The number of rotatable bonds is 7. The molecule has 0 aliphatic carbocycles. The van der Waals surface area contributed by atoms with Crippen molar-refractivity contribution in [1.29, 1.82) is 0 Å². The number of ether oxygens (including phenoxy) is 2. The molecule has 0 saturated carbocycles. The Morgan fingerprint density at radius 2 is 1.78 bits per heavy atom. The highest BCUT2D eigenvalue weighted by Crippen LogP contribution is 2.24. The van der Waals surface area contributed by atoms with Crippen molar-refractivity contribution < 1.29 is 23.5 Å². The van der Waals surface area contributed by atoms with Crippen molar-refractivity contribution in [1.82, 2.24) is 10.7 Å². The third-order valence-corrected chi connectivity index (χ3v) is 3.66. The first-order valence-electron chi connectivity index (χ1n) is 8.04. The van der Waals surface area contributed by atoms with Gasteiger partial charge in [-0.2, -0.15) is 5.10 Å². The maximum Gasteiger partial charge on any atom is 0.259 e. The number of halogens is 1. The lowest BCUT2D eigenvalue weighted by Gasteiger charge is -2.10. The van der Waals surface area contributed by atoms with Gasteiger partial charge in [0.1, 0.15) is 17.3 Å². The Balaban J connectivity index is 1.93. The Kier molecular flexibility index (Phi) is 6.87. The quantitative estimate of drug-likeness (QED) is 0.575. The minimum atomic E-state index is -0.503. The van der Waals surface area contributed by atoms with E-state index in [2.05, 4.69) is 15.8 Å². The molecule has 0 radical (unpaired) electrons. The van der Waals surface area contributed by atoms with Gasteiger partial charge in [-0.15, -0.1) is 0 Å². The van der Waals surface area contributed by atoms with Gasteiger partial charge in [-0.3, -0.25) is 9.59 Å². The van der Waals surface area contributed by atoms with Gasteiger partial charge in [-0.25, -0.2) is 9.82 Å². The topological polar surface area (TPSA) is 89.0 Å². The highest BCUT2D eigenvalue weighted by atomic mass is 19.1. The van der Waals surface area contributed by atoms with Crippen molar-refractivity contribution in [3.8, 4) is 11.5 Å². The van der Waals surface area contributed by atoms with Crippen molar-refractivity contribution in [2.24, 2.45) is 5.10 Å². The SMILES string of the molecule is COc1ccc(/C(C)=N/NC(=O)CNC(=O)c2ccc(F)cc2)c(OC)c1. The minimum Gasteiger partial charge on any atom is -0.497 e. The molecule has 0 heterocycles. The number of methoxy groups -OCH3 is 2. The van der Waals surface area contributed by atoms with Gasteiger partial charge in [0.05, 0.1) is 26.5 Å². The van der Waals surface area contributed by atoms with Crippen molar-refractivity contribution in [2.75, 3.05) is 20.8 Å². The Hall–Kier alpha value is -3.42. The van der Waals surface area contributed by atoms with E-state index in [1.165, 1.54) is 31.4 Å². The number of nitrogens with one attached hydrogen (secondary N) is 2. The number of hydrogen-bond donors (Lipinski definition) is 2. The van der Waals surface area contributed by atoms with Crippen LogP contribution in [0.2, 0.25) is 0 Å². The molecule has 0 aliphatic heterocycles. The molecular weight excluding hydrogens is 353 g/mol. The van der Waals surface area contributed by atoms with Gasteiger partial charge in [0.15, 0.2) is 0 Å². The summed E-state index contributed by atoms with van der Waals surface area (Å²) in [6.07, 6.45) is 0. The van der Waals surface area contributed by atoms with Gasteiger partial charge in [0.2, 0.25) is 0 Å². The highest BCUT2D eigenvalue weighted by molar-refractivity contribution is 6.02. The molecule has 142 valence electrons. The molecule has 0 atom stereocenters. The maximum atomic E-state index is 12.9. The molecule has 7 nitrogen and oxygen atoms in total. The summed E-state index contributed by atoms with van der Waals surface area (Å²) in [6.45, 7) is 1.44. The number of amides is 2. The molecule has 0 bridgehead atoms. The predicted octanol–water partition coefficient (Wildman–Crippen LogP) is 2.11. The number of hydrogen-bond acceptors (Lipinski definition) is 5. The zero-order valence-corrected chi connectivity index (χ0v) is 15.2. The molecule has 2 rings (SSSR count). The second-order valence-electron chi connectivity index (χ2n) is 5.49. The van der Waals surface area contributed by atoms with E-state index in [1.807, 2.05) is 0 Å². The van der Waals surface area contributed by atoms with Crippen LogP contribution in [-0.4, -0.2) is 38.3 Å². The van der Waals surface area contributed by atoms with E-state index in [0.717, 1.165) is 0 Å². The maximum absolute atomic E-state index is 12.9. The lowest BCUT2D eigenvalue weighted by Crippen LogP contribution is -2.35. The van der Waals surface area contributed by atoms with E-state index in [4.69, 9.17) is 9.47 Å². The second kappa shape index (κ2) is 9.33. The van der Waals surface area contributed by atoms with E-state index in [9.17, 15) is 14.0 Å². The fourth-order valence-electron chi connectivity index (χ4n) is 2.21. The number of hydrazone groups is 1. The van der Waals surface area contributed by atoms with Crippen molar-refractivity contribution in [3.63, 3.8) is 0 Å². The highest BCUT2D eigenvalue weighted by Gasteiger charge is 2.10. The third-order valence-electron chi connectivity index (χ3n) is 3.66. The summed E-state index contributed by atoms with van der Waals surface area (Å²) in [6, 6.07) is 10.2. The summed E-state index contributed by atoms with van der Waals surface area (Å²) >= 11 is 0. The summed E-state index contributed by atoms with van der Waals surface area (Å²) in [5, 5.41) is 6.45. The van der Waals surface area contributed by atoms with Crippen LogP contribution in [0.5, 0.6) is 11.5 Å². The van der Waals surface area contributed by atoms with Gasteiger partial charge in [-0.1, -0.05) is 0 Å². The first kappa shape index (κ1) is 19.9. The van der Waals surface area contributed by atoms with E-state index >= 15 is 0 Å². The minimum absolute atomic E-state index is 0.256. The molecule has 0 aromatic heterocycles. The zero-order chi connectivity index (χ0) is 19.8. The van der Waals surface area contributed by atoms with E-state index < -0.39 is 17.6 Å².